The Hall–Kier alpha value is -1.05. The zero-order valence-corrected chi connectivity index (χ0v) is 16.1. The van der Waals surface area contributed by atoms with Crippen LogP contribution in [0.1, 0.15) is 84.5 Å². The largest absolute Gasteiger partial charge is 0.469 e. The molecule has 0 radical (unpaired) electrons. The normalized spacial score (nSPS) is 22.5. The Labute approximate surface area is 149 Å². The SMILES string of the molecule is CCCCCC(C)/C=C/C1CCC[C@@H]1C/C=C\CCCC(=O)OC. The molecule has 1 aliphatic rings. The van der Waals surface area contributed by atoms with Crippen molar-refractivity contribution in [1.82, 2.24) is 0 Å². The van der Waals surface area contributed by atoms with Crippen LogP contribution in [-0.2, 0) is 9.53 Å². The van der Waals surface area contributed by atoms with Crippen LogP contribution in [0.2, 0.25) is 0 Å². The summed E-state index contributed by atoms with van der Waals surface area (Å²) in [6, 6.07) is 0. The maximum atomic E-state index is 11.1. The lowest BCUT2D eigenvalue weighted by Gasteiger charge is -2.15. The fourth-order valence-corrected chi connectivity index (χ4v) is 3.61. The molecule has 0 aliphatic heterocycles. The summed E-state index contributed by atoms with van der Waals surface area (Å²) in [6.45, 7) is 4.63. The Morgan fingerprint density at radius 2 is 2.04 bits per heavy atom. The standard InChI is InChI=1S/C22H38O2/c1-4-5-8-12-19(2)17-18-21-15-11-14-20(21)13-9-6-7-10-16-22(23)24-3/h6,9,17-21H,4-5,7-8,10-16H2,1-3H3/b9-6-,18-17+/t19?,20-,21?/m0/s1. The number of carbonyl (C=O) groups is 1. The molecule has 1 fully saturated rings. The van der Waals surface area contributed by atoms with E-state index in [1.807, 2.05) is 0 Å². The number of allylic oxidation sites excluding steroid dienone is 4. The summed E-state index contributed by atoms with van der Waals surface area (Å²) < 4.78 is 4.66. The van der Waals surface area contributed by atoms with Gasteiger partial charge in [-0.15, -0.1) is 0 Å². The van der Waals surface area contributed by atoms with Crippen molar-refractivity contribution in [2.45, 2.75) is 84.5 Å². The zero-order chi connectivity index (χ0) is 17.6. The Morgan fingerprint density at radius 1 is 1.21 bits per heavy atom. The molecule has 3 atom stereocenters. The lowest BCUT2D eigenvalue weighted by Crippen LogP contribution is -2.04. The maximum Gasteiger partial charge on any atom is 0.305 e. The molecular formula is C22H38O2. The Bertz CT molecular complexity index is 383. The molecule has 1 aliphatic carbocycles. The summed E-state index contributed by atoms with van der Waals surface area (Å²) >= 11 is 0. The third-order valence-electron chi connectivity index (χ3n) is 5.25. The number of rotatable bonds is 12. The minimum Gasteiger partial charge on any atom is -0.469 e. The average molecular weight is 335 g/mol. The van der Waals surface area contributed by atoms with Crippen molar-refractivity contribution in [3.8, 4) is 0 Å². The molecule has 0 amide bonds. The molecule has 2 unspecified atom stereocenters. The van der Waals surface area contributed by atoms with Gasteiger partial charge in [0.05, 0.1) is 7.11 Å². The van der Waals surface area contributed by atoms with E-state index in [1.54, 1.807) is 0 Å². The van der Waals surface area contributed by atoms with E-state index >= 15 is 0 Å². The second-order valence-corrected chi connectivity index (χ2v) is 7.39. The Morgan fingerprint density at radius 3 is 2.79 bits per heavy atom. The second-order valence-electron chi connectivity index (χ2n) is 7.39. The molecule has 0 aromatic carbocycles. The predicted octanol–water partition coefficient (Wildman–Crippen LogP) is 6.46. The molecule has 0 aromatic rings. The van der Waals surface area contributed by atoms with Crippen molar-refractivity contribution in [2.75, 3.05) is 7.11 Å². The summed E-state index contributed by atoms with van der Waals surface area (Å²) in [5.41, 5.74) is 0. The third-order valence-corrected chi connectivity index (χ3v) is 5.25. The maximum absolute atomic E-state index is 11.1. The van der Waals surface area contributed by atoms with E-state index in [1.165, 1.54) is 58.5 Å². The van der Waals surface area contributed by atoms with Crippen molar-refractivity contribution in [1.29, 1.82) is 0 Å². The molecule has 0 heterocycles. The second kappa shape index (κ2) is 13.3. The number of unbranched alkanes of at least 4 members (excludes halogenated alkanes) is 3. The van der Waals surface area contributed by atoms with Gasteiger partial charge in [0.1, 0.15) is 0 Å². The first kappa shape index (κ1) is 21.0. The number of methoxy groups -OCH3 is 1. The van der Waals surface area contributed by atoms with E-state index < -0.39 is 0 Å². The highest BCUT2D eigenvalue weighted by Gasteiger charge is 2.23. The van der Waals surface area contributed by atoms with Crippen molar-refractivity contribution in [3.05, 3.63) is 24.3 Å². The van der Waals surface area contributed by atoms with E-state index in [0.717, 1.165) is 30.6 Å². The first-order chi connectivity index (χ1) is 11.7. The van der Waals surface area contributed by atoms with Crippen LogP contribution in [0.4, 0.5) is 0 Å². The zero-order valence-electron chi connectivity index (χ0n) is 16.1. The van der Waals surface area contributed by atoms with Crippen molar-refractivity contribution in [3.63, 3.8) is 0 Å². The summed E-state index contributed by atoms with van der Waals surface area (Å²) in [6.07, 6.45) is 22.6. The summed E-state index contributed by atoms with van der Waals surface area (Å²) in [7, 11) is 1.45. The van der Waals surface area contributed by atoms with Crippen LogP contribution in [-0.4, -0.2) is 13.1 Å². The van der Waals surface area contributed by atoms with Gasteiger partial charge in [-0.3, -0.25) is 4.79 Å². The van der Waals surface area contributed by atoms with Gasteiger partial charge in [0.2, 0.25) is 0 Å². The molecule has 2 nitrogen and oxygen atoms in total. The van der Waals surface area contributed by atoms with Crippen molar-refractivity contribution in [2.24, 2.45) is 17.8 Å². The monoisotopic (exact) mass is 334 g/mol. The molecule has 138 valence electrons. The van der Waals surface area contributed by atoms with Gasteiger partial charge >= 0.3 is 5.97 Å². The molecule has 0 bridgehead atoms. The van der Waals surface area contributed by atoms with E-state index in [4.69, 9.17) is 0 Å². The highest BCUT2D eigenvalue weighted by atomic mass is 16.5. The van der Waals surface area contributed by atoms with E-state index in [-0.39, 0.29) is 5.97 Å². The van der Waals surface area contributed by atoms with Crippen LogP contribution in [0.15, 0.2) is 24.3 Å². The first-order valence-electron chi connectivity index (χ1n) is 10.1. The molecule has 0 aromatic heterocycles. The number of carbonyl (C=O) groups excluding carboxylic acids is 1. The highest BCUT2D eigenvalue weighted by Crippen LogP contribution is 2.35. The minimum atomic E-state index is -0.0996. The molecule has 0 spiro atoms. The van der Waals surface area contributed by atoms with Crippen LogP contribution < -0.4 is 0 Å². The van der Waals surface area contributed by atoms with Gasteiger partial charge in [0.25, 0.3) is 0 Å². The van der Waals surface area contributed by atoms with Crippen LogP contribution in [0.5, 0.6) is 0 Å². The van der Waals surface area contributed by atoms with Gasteiger partial charge in [-0.25, -0.2) is 0 Å². The van der Waals surface area contributed by atoms with E-state index in [2.05, 4.69) is 42.9 Å². The Kier molecular flexibility index (Phi) is 11.6. The molecular weight excluding hydrogens is 296 g/mol. The average Bonchev–Trinajstić information content (AvgIpc) is 3.03. The Balaban J connectivity index is 2.23. The summed E-state index contributed by atoms with van der Waals surface area (Å²) in [4.78, 5) is 11.1. The highest BCUT2D eigenvalue weighted by molar-refractivity contribution is 5.69. The van der Waals surface area contributed by atoms with Crippen LogP contribution in [0, 0.1) is 17.8 Å². The third kappa shape index (κ3) is 9.30. The lowest BCUT2D eigenvalue weighted by molar-refractivity contribution is -0.140. The number of hydrogen-bond donors (Lipinski definition) is 0. The quantitative estimate of drug-likeness (QED) is 0.232. The smallest absolute Gasteiger partial charge is 0.305 e. The fourth-order valence-electron chi connectivity index (χ4n) is 3.61. The van der Waals surface area contributed by atoms with E-state index in [0.29, 0.717) is 6.42 Å². The fraction of sp³-hybridized carbons (Fsp3) is 0.773. The summed E-state index contributed by atoms with van der Waals surface area (Å²) in [5, 5.41) is 0. The number of esters is 1. The minimum absolute atomic E-state index is 0.0996. The predicted molar refractivity (Wildman–Crippen MR) is 103 cm³/mol. The van der Waals surface area contributed by atoms with E-state index in [9.17, 15) is 4.79 Å². The molecule has 0 saturated heterocycles. The van der Waals surface area contributed by atoms with Gasteiger partial charge in [-0.1, -0.05) is 63.8 Å². The van der Waals surface area contributed by atoms with Crippen molar-refractivity contribution >= 4 is 5.97 Å². The summed E-state index contributed by atoms with van der Waals surface area (Å²) in [5.74, 6) is 2.23. The molecule has 1 rings (SSSR count). The van der Waals surface area contributed by atoms with Gasteiger partial charge in [-0.2, -0.15) is 0 Å². The first-order valence-corrected chi connectivity index (χ1v) is 10.1. The topological polar surface area (TPSA) is 26.3 Å². The van der Waals surface area contributed by atoms with Crippen LogP contribution in [0.25, 0.3) is 0 Å². The van der Waals surface area contributed by atoms with Crippen molar-refractivity contribution < 1.29 is 9.53 Å². The number of hydrogen-bond acceptors (Lipinski definition) is 2. The van der Waals surface area contributed by atoms with Gasteiger partial charge in [0.15, 0.2) is 0 Å². The van der Waals surface area contributed by atoms with Gasteiger partial charge in [-0.05, 0) is 56.3 Å². The number of ether oxygens (including phenoxy) is 1. The van der Waals surface area contributed by atoms with Gasteiger partial charge < -0.3 is 4.74 Å². The van der Waals surface area contributed by atoms with Crippen LogP contribution in [0.3, 0.4) is 0 Å². The molecule has 0 N–H and O–H groups in total. The molecule has 2 heteroatoms. The lowest BCUT2D eigenvalue weighted by atomic mass is 9.90. The molecule has 1 saturated carbocycles. The van der Waals surface area contributed by atoms with Gasteiger partial charge in [0, 0.05) is 6.42 Å². The molecule has 24 heavy (non-hydrogen) atoms. The van der Waals surface area contributed by atoms with Crippen LogP contribution >= 0.6 is 0 Å².